The molecule has 2 amide bonds. The highest BCUT2D eigenvalue weighted by atomic mass is 28.4. The quantitative estimate of drug-likeness (QED) is 0.516. The van der Waals surface area contributed by atoms with Crippen LogP contribution in [-0.4, -0.2) is 52.5 Å². The third-order valence-corrected chi connectivity index (χ3v) is 9.10. The van der Waals surface area contributed by atoms with Crippen LogP contribution >= 0.6 is 0 Å². The van der Waals surface area contributed by atoms with E-state index in [1.807, 2.05) is 0 Å². The van der Waals surface area contributed by atoms with Crippen molar-refractivity contribution < 1.29 is 19.1 Å². The maximum absolute atomic E-state index is 11.4. The molecule has 0 aromatic carbocycles. The second-order valence-corrected chi connectivity index (χ2v) is 12.3. The van der Waals surface area contributed by atoms with Gasteiger partial charge in [0.2, 0.25) is 5.91 Å². The average Bonchev–Trinajstić information content (AvgIpc) is 2.89. The van der Waals surface area contributed by atoms with Crippen LogP contribution in [0.15, 0.2) is 6.20 Å². The lowest BCUT2D eigenvalue weighted by Gasteiger charge is -2.36. The number of carbonyl (C=O) groups excluding carboxylic acids is 1. The van der Waals surface area contributed by atoms with Crippen LogP contribution in [0.5, 0.6) is 0 Å². The number of nitrogens with zero attached hydrogens (tertiary/aromatic N) is 3. The third kappa shape index (κ3) is 4.12. The Balaban J connectivity index is 1.90. The molecule has 3 N–H and O–H groups in total. The second kappa shape index (κ2) is 6.52. The zero-order valence-corrected chi connectivity index (χ0v) is 15.7. The molecule has 1 fully saturated rings. The molecule has 1 aromatic heterocycles. The number of hydrogen-bond acceptors (Lipinski definition) is 5. The number of carboxylic acid groups (broad SMARTS) is 1. The Bertz CT molecular complexity index is 625. The molecule has 1 aromatic rings. The zero-order chi connectivity index (χ0) is 18.1. The monoisotopic (exact) mass is 355 g/mol. The molecule has 0 saturated carbocycles. The van der Waals surface area contributed by atoms with E-state index in [0.717, 1.165) is 0 Å². The second-order valence-electron chi connectivity index (χ2n) is 7.48. The third-order valence-electron chi connectivity index (χ3n) is 4.62. The molecule has 2 rings (SSSR count). The number of nitrogens with one attached hydrogen (secondary N) is 2. The van der Waals surface area contributed by atoms with Crippen LogP contribution in [-0.2, 0) is 22.4 Å². The van der Waals surface area contributed by atoms with E-state index in [2.05, 4.69) is 54.7 Å². The Morgan fingerprint density at radius 2 is 2.17 bits per heavy atom. The van der Waals surface area contributed by atoms with Crippen LogP contribution in [0.1, 0.15) is 26.5 Å². The van der Waals surface area contributed by atoms with Crippen molar-refractivity contribution in [2.75, 3.05) is 0 Å². The van der Waals surface area contributed by atoms with E-state index >= 15 is 0 Å². The van der Waals surface area contributed by atoms with Gasteiger partial charge in [-0.2, -0.15) is 15.0 Å². The molecule has 0 bridgehead atoms. The van der Waals surface area contributed by atoms with Crippen molar-refractivity contribution in [2.45, 2.75) is 64.1 Å². The topological polar surface area (TPSA) is 118 Å². The van der Waals surface area contributed by atoms with Gasteiger partial charge in [-0.3, -0.25) is 4.79 Å². The van der Waals surface area contributed by atoms with Crippen molar-refractivity contribution in [1.82, 2.24) is 25.6 Å². The van der Waals surface area contributed by atoms with E-state index in [-0.39, 0.29) is 17.0 Å². The highest BCUT2D eigenvalue weighted by Crippen LogP contribution is 2.36. The van der Waals surface area contributed by atoms with Crippen molar-refractivity contribution in [3.05, 3.63) is 11.9 Å². The van der Waals surface area contributed by atoms with Crippen LogP contribution < -0.4 is 10.6 Å². The Hall–Kier alpha value is -1.94. The summed E-state index contributed by atoms with van der Waals surface area (Å²) in [4.78, 5) is 23.5. The maximum Gasteiger partial charge on any atom is 0.405 e. The van der Waals surface area contributed by atoms with Crippen molar-refractivity contribution in [1.29, 1.82) is 0 Å². The molecule has 1 aliphatic heterocycles. The lowest BCUT2D eigenvalue weighted by Crippen LogP contribution is -2.70. The van der Waals surface area contributed by atoms with Crippen LogP contribution in [0, 0.1) is 0 Å². The first-order valence-electron chi connectivity index (χ1n) is 7.82. The molecule has 1 saturated heterocycles. The van der Waals surface area contributed by atoms with Gasteiger partial charge in [-0.25, -0.2) is 4.79 Å². The van der Waals surface area contributed by atoms with Crippen LogP contribution in [0.25, 0.3) is 0 Å². The smallest absolute Gasteiger partial charge is 0.405 e. The molecule has 10 heteroatoms. The van der Waals surface area contributed by atoms with Gasteiger partial charge in [0, 0.05) is 0 Å². The number of carbonyl (C=O) groups is 2. The van der Waals surface area contributed by atoms with E-state index in [9.17, 15) is 9.59 Å². The van der Waals surface area contributed by atoms with E-state index < -0.39 is 20.5 Å². The fourth-order valence-electron chi connectivity index (χ4n) is 2.03. The fourth-order valence-corrected chi connectivity index (χ4v) is 2.97. The van der Waals surface area contributed by atoms with E-state index in [0.29, 0.717) is 18.8 Å². The molecule has 2 heterocycles. The van der Waals surface area contributed by atoms with Gasteiger partial charge < -0.3 is 20.2 Å². The Morgan fingerprint density at radius 1 is 1.50 bits per heavy atom. The predicted molar refractivity (Wildman–Crippen MR) is 88.9 cm³/mol. The molecule has 1 aliphatic rings. The summed E-state index contributed by atoms with van der Waals surface area (Å²) in [6.45, 7) is 11.6. The van der Waals surface area contributed by atoms with Crippen molar-refractivity contribution in [3.8, 4) is 0 Å². The number of aromatic nitrogens is 3. The lowest BCUT2D eigenvalue weighted by molar-refractivity contribution is -0.131. The van der Waals surface area contributed by atoms with Crippen LogP contribution in [0.3, 0.4) is 0 Å². The van der Waals surface area contributed by atoms with E-state index in [4.69, 9.17) is 9.53 Å². The van der Waals surface area contributed by atoms with Gasteiger partial charge in [0.1, 0.15) is 11.7 Å². The first kappa shape index (κ1) is 18.4. The largest absolute Gasteiger partial charge is 0.465 e. The van der Waals surface area contributed by atoms with Gasteiger partial charge in [0.05, 0.1) is 25.4 Å². The first-order valence-corrected chi connectivity index (χ1v) is 10.7. The van der Waals surface area contributed by atoms with E-state index in [1.165, 1.54) is 4.80 Å². The molecule has 2 atom stereocenters. The molecular weight excluding hydrogens is 330 g/mol. The summed E-state index contributed by atoms with van der Waals surface area (Å²) in [5, 5.41) is 22.2. The van der Waals surface area contributed by atoms with Gasteiger partial charge in [0.15, 0.2) is 8.32 Å². The predicted octanol–water partition coefficient (Wildman–Crippen LogP) is 0.935. The number of rotatable bonds is 6. The summed E-state index contributed by atoms with van der Waals surface area (Å²) in [6, 6.07) is -1.12. The van der Waals surface area contributed by atoms with Gasteiger partial charge in [-0.1, -0.05) is 20.8 Å². The number of hydrogen-bond donors (Lipinski definition) is 3. The standard InChI is InChI=1S/C14H25N5O4Si/c1-14(2,3)24(4,5)23-8-9-6-15-19(18-9)7-10-11(12(20)16-10)17-13(21)22/h6,10-11,17H,7-8H2,1-5H3,(H,16,20)(H,21,22)/t10-,11-/m0/s1. The Kier molecular flexibility index (Phi) is 4.99. The van der Waals surface area contributed by atoms with Gasteiger partial charge in [0.25, 0.3) is 0 Å². The normalized spacial score (nSPS) is 21.1. The maximum atomic E-state index is 11.4. The minimum Gasteiger partial charge on any atom is -0.465 e. The summed E-state index contributed by atoms with van der Waals surface area (Å²) in [5.74, 6) is -0.337. The molecule has 0 radical (unpaired) electrons. The molecule has 134 valence electrons. The summed E-state index contributed by atoms with van der Waals surface area (Å²) >= 11 is 0. The van der Waals surface area contributed by atoms with Crippen LogP contribution in [0.4, 0.5) is 4.79 Å². The number of amides is 2. The summed E-state index contributed by atoms with van der Waals surface area (Å²) in [6.07, 6.45) is 0.407. The Morgan fingerprint density at radius 3 is 2.71 bits per heavy atom. The minimum atomic E-state index is -1.85. The molecule has 0 spiro atoms. The SMILES string of the molecule is CC(C)(C)[Si](C)(C)OCc1cnn(C[C@@H]2NC(=O)[C@H]2NC(=O)O)n1. The van der Waals surface area contributed by atoms with Crippen molar-refractivity contribution in [3.63, 3.8) is 0 Å². The van der Waals surface area contributed by atoms with Gasteiger partial charge in [-0.15, -0.1) is 0 Å². The summed E-state index contributed by atoms with van der Waals surface area (Å²) < 4.78 is 6.09. The molecule has 0 unspecified atom stereocenters. The van der Waals surface area contributed by atoms with Gasteiger partial charge in [-0.05, 0) is 18.1 Å². The highest BCUT2D eigenvalue weighted by molar-refractivity contribution is 6.74. The number of β-lactam (4-membered cyclic amide) rings is 1. The first-order chi connectivity index (χ1) is 11.0. The fraction of sp³-hybridized carbons (Fsp3) is 0.714. The minimum absolute atomic E-state index is 0.120. The zero-order valence-electron chi connectivity index (χ0n) is 14.7. The Labute approximate surface area is 141 Å². The molecular formula is C14H25N5O4Si. The molecule has 24 heavy (non-hydrogen) atoms. The highest BCUT2D eigenvalue weighted by Gasteiger charge is 2.41. The molecule has 0 aliphatic carbocycles. The lowest BCUT2D eigenvalue weighted by atomic mass is 9.99. The summed E-state index contributed by atoms with van der Waals surface area (Å²) in [7, 11) is -1.85. The van der Waals surface area contributed by atoms with E-state index in [1.54, 1.807) is 6.20 Å². The van der Waals surface area contributed by atoms with Gasteiger partial charge >= 0.3 is 6.09 Å². The summed E-state index contributed by atoms with van der Waals surface area (Å²) in [5.41, 5.74) is 0.716. The van der Waals surface area contributed by atoms with Crippen molar-refractivity contribution in [2.24, 2.45) is 0 Å². The van der Waals surface area contributed by atoms with Crippen LogP contribution in [0.2, 0.25) is 18.1 Å². The molecule has 9 nitrogen and oxygen atoms in total. The average molecular weight is 355 g/mol. The van der Waals surface area contributed by atoms with Crippen molar-refractivity contribution >= 4 is 20.3 Å².